The maximum absolute atomic E-state index is 12.0. The fourth-order valence-corrected chi connectivity index (χ4v) is 3.67. The normalized spacial score (nSPS) is 26.7. The molecule has 2 unspecified atom stereocenters. The van der Waals surface area contributed by atoms with Gasteiger partial charge in [0.05, 0.1) is 13.2 Å². The van der Waals surface area contributed by atoms with Crippen molar-refractivity contribution >= 4 is 17.7 Å². The smallest absolute Gasteiger partial charge is 0.223 e. The van der Waals surface area contributed by atoms with E-state index < -0.39 is 0 Å². The van der Waals surface area contributed by atoms with Crippen LogP contribution in [0, 0.1) is 6.92 Å². The first-order valence-electron chi connectivity index (χ1n) is 7.77. The second-order valence-corrected chi connectivity index (χ2v) is 6.90. The zero-order chi connectivity index (χ0) is 15.4. The summed E-state index contributed by atoms with van der Waals surface area (Å²) in [7, 11) is 0. The van der Waals surface area contributed by atoms with Gasteiger partial charge < -0.3 is 10.1 Å². The largest absolute Gasteiger partial charge is 0.379 e. The molecule has 2 atom stereocenters. The number of carbonyl (C=O) groups is 1. The minimum atomic E-state index is -0.0613. The summed E-state index contributed by atoms with van der Waals surface area (Å²) in [5.41, 5.74) is 1.27. The summed E-state index contributed by atoms with van der Waals surface area (Å²) in [6.45, 7) is 5.27. The third kappa shape index (κ3) is 4.23. The molecule has 6 heteroatoms. The van der Waals surface area contributed by atoms with Gasteiger partial charge in [0.25, 0.3) is 0 Å². The van der Waals surface area contributed by atoms with E-state index >= 15 is 0 Å². The fraction of sp³-hybridized carbons (Fsp3) is 0.562. The Hall–Kier alpha value is -1.08. The molecule has 1 aromatic carbocycles. The van der Waals surface area contributed by atoms with Crippen LogP contribution in [0.25, 0.3) is 0 Å². The monoisotopic (exact) mass is 321 g/mol. The van der Waals surface area contributed by atoms with Crippen molar-refractivity contribution in [3.05, 3.63) is 29.8 Å². The summed E-state index contributed by atoms with van der Waals surface area (Å²) in [4.78, 5) is 15.5. The first-order chi connectivity index (χ1) is 10.7. The maximum atomic E-state index is 12.0. The van der Waals surface area contributed by atoms with Crippen LogP contribution >= 0.6 is 11.8 Å². The first-order valence-corrected chi connectivity index (χ1v) is 8.76. The molecule has 2 fully saturated rings. The summed E-state index contributed by atoms with van der Waals surface area (Å²) in [6, 6.07) is 8.73. The van der Waals surface area contributed by atoms with Crippen molar-refractivity contribution in [3.8, 4) is 0 Å². The molecule has 1 amide bonds. The second kappa shape index (κ2) is 7.46. The predicted octanol–water partition coefficient (Wildman–Crippen LogP) is 1.18. The number of morpholine rings is 1. The van der Waals surface area contributed by atoms with E-state index in [-0.39, 0.29) is 18.2 Å². The van der Waals surface area contributed by atoms with Crippen LogP contribution in [0.5, 0.6) is 0 Å². The van der Waals surface area contributed by atoms with Crippen LogP contribution in [0.2, 0.25) is 0 Å². The lowest BCUT2D eigenvalue weighted by Gasteiger charge is -2.40. The van der Waals surface area contributed by atoms with Crippen molar-refractivity contribution in [1.82, 2.24) is 15.5 Å². The van der Waals surface area contributed by atoms with Crippen LogP contribution in [-0.2, 0) is 9.53 Å². The third-order valence-electron chi connectivity index (χ3n) is 4.01. The Morgan fingerprint density at radius 1 is 1.27 bits per heavy atom. The zero-order valence-electron chi connectivity index (χ0n) is 12.9. The molecule has 0 bridgehead atoms. The Balaban J connectivity index is 1.54. The summed E-state index contributed by atoms with van der Waals surface area (Å²) < 4.78 is 5.37. The molecule has 2 heterocycles. The van der Waals surface area contributed by atoms with Crippen LogP contribution in [0.1, 0.15) is 12.0 Å². The molecule has 3 rings (SSSR count). The summed E-state index contributed by atoms with van der Waals surface area (Å²) >= 11 is 1.80. The molecule has 0 aromatic heterocycles. The lowest BCUT2D eigenvalue weighted by atomic mass is 10.2. The van der Waals surface area contributed by atoms with Gasteiger partial charge in [-0.15, -0.1) is 11.8 Å². The van der Waals surface area contributed by atoms with Crippen molar-refractivity contribution in [2.75, 3.05) is 32.1 Å². The highest BCUT2D eigenvalue weighted by molar-refractivity contribution is 7.99. The number of carbonyl (C=O) groups excluding carboxylic acids is 1. The molecule has 0 saturated carbocycles. The minimum Gasteiger partial charge on any atom is -0.379 e. The Morgan fingerprint density at radius 3 is 2.73 bits per heavy atom. The van der Waals surface area contributed by atoms with Crippen LogP contribution in [0.3, 0.4) is 0 Å². The van der Waals surface area contributed by atoms with E-state index in [9.17, 15) is 4.79 Å². The quantitative estimate of drug-likeness (QED) is 0.816. The van der Waals surface area contributed by atoms with Crippen molar-refractivity contribution in [2.24, 2.45) is 0 Å². The number of hydrogen-bond donors (Lipinski definition) is 2. The molecule has 22 heavy (non-hydrogen) atoms. The van der Waals surface area contributed by atoms with Gasteiger partial charge in [-0.1, -0.05) is 17.7 Å². The molecule has 0 radical (unpaired) electrons. The minimum absolute atomic E-state index is 0.0613. The van der Waals surface area contributed by atoms with Crippen molar-refractivity contribution < 1.29 is 9.53 Å². The van der Waals surface area contributed by atoms with Gasteiger partial charge in [0.2, 0.25) is 5.91 Å². The molecule has 2 aliphatic heterocycles. The molecule has 120 valence electrons. The standard InChI is InChI=1S/C16H23N3O2S/c1-12-2-4-14(5-3-12)22-11-13-10-15(20)18-16(17-13)19-6-8-21-9-7-19/h2-5,13,16-17H,6-11H2,1H3,(H,18,20). The van der Waals surface area contributed by atoms with Crippen LogP contribution in [-0.4, -0.2) is 55.2 Å². The van der Waals surface area contributed by atoms with Gasteiger partial charge in [-0.3, -0.25) is 15.0 Å². The third-order valence-corrected chi connectivity index (χ3v) is 5.18. The van der Waals surface area contributed by atoms with E-state index in [4.69, 9.17) is 4.74 Å². The number of nitrogens with zero attached hydrogens (tertiary/aromatic N) is 1. The van der Waals surface area contributed by atoms with E-state index in [1.807, 2.05) is 0 Å². The Bertz CT molecular complexity index is 503. The highest BCUT2D eigenvalue weighted by Gasteiger charge is 2.30. The van der Waals surface area contributed by atoms with Gasteiger partial charge in [-0.05, 0) is 19.1 Å². The van der Waals surface area contributed by atoms with Gasteiger partial charge in [-0.25, -0.2) is 0 Å². The number of amides is 1. The Labute approximate surface area is 135 Å². The van der Waals surface area contributed by atoms with Crippen molar-refractivity contribution in [1.29, 1.82) is 0 Å². The van der Waals surface area contributed by atoms with E-state index in [1.165, 1.54) is 10.5 Å². The highest BCUT2D eigenvalue weighted by Crippen LogP contribution is 2.21. The zero-order valence-corrected chi connectivity index (χ0v) is 13.7. The van der Waals surface area contributed by atoms with Crippen LogP contribution in [0.15, 0.2) is 29.2 Å². The maximum Gasteiger partial charge on any atom is 0.223 e. The average Bonchev–Trinajstić information content (AvgIpc) is 2.55. The number of thioether (sulfide) groups is 1. The van der Waals surface area contributed by atoms with Crippen molar-refractivity contribution in [2.45, 2.75) is 30.6 Å². The van der Waals surface area contributed by atoms with Crippen molar-refractivity contribution in [3.63, 3.8) is 0 Å². The van der Waals surface area contributed by atoms with E-state index in [1.54, 1.807) is 11.8 Å². The fourth-order valence-electron chi connectivity index (χ4n) is 2.73. The summed E-state index contributed by atoms with van der Waals surface area (Å²) in [5, 5.41) is 6.59. The SMILES string of the molecule is Cc1ccc(SCC2CC(=O)NC(N3CCOCC3)N2)cc1. The predicted molar refractivity (Wildman–Crippen MR) is 87.8 cm³/mol. The molecule has 0 spiro atoms. The molecule has 5 nitrogen and oxygen atoms in total. The van der Waals surface area contributed by atoms with Gasteiger partial charge in [0, 0.05) is 36.2 Å². The van der Waals surface area contributed by atoms with E-state index in [2.05, 4.69) is 46.7 Å². The Morgan fingerprint density at radius 2 is 2.00 bits per heavy atom. The van der Waals surface area contributed by atoms with Gasteiger partial charge >= 0.3 is 0 Å². The average molecular weight is 321 g/mol. The molecule has 1 aromatic rings. The van der Waals surface area contributed by atoms with Gasteiger partial charge in [0.15, 0.2) is 0 Å². The highest BCUT2D eigenvalue weighted by atomic mass is 32.2. The molecular formula is C16H23N3O2S. The summed E-state index contributed by atoms with van der Waals surface area (Å²) in [5.74, 6) is 1.03. The molecule has 0 aliphatic carbocycles. The number of hydrogen-bond acceptors (Lipinski definition) is 5. The summed E-state index contributed by atoms with van der Waals surface area (Å²) in [6.07, 6.45) is 0.480. The van der Waals surface area contributed by atoms with E-state index in [0.717, 1.165) is 32.1 Å². The number of benzene rings is 1. The second-order valence-electron chi connectivity index (χ2n) is 5.81. The molecular weight excluding hydrogens is 298 g/mol. The first kappa shape index (κ1) is 15.8. The van der Waals surface area contributed by atoms with Crippen LogP contribution < -0.4 is 10.6 Å². The molecule has 2 aliphatic rings. The van der Waals surface area contributed by atoms with E-state index in [0.29, 0.717) is 6.42 Å². The van der Waals surface area contributed by atoms with Crippen LogP contribution in [0.4, 0.5) is 0 Å². The molecule has 2 N–H and O–H groups in total. The number of aryl methyl sites for hydroxylation is 1. The van der Waals surface area contributed by atoms with Gasteiger partial charge in [-0.2, -0.15) is 0 Å². The number of rotatable bonds is 4. The number of nitrogens with one attached hydrogen (secondary N) is 2. The molecule has 2 saturated heterocycles. The van der Waals surface area contributed by atoms with Gasteiger partial charge in [0.1, 0.15) is 6.29 Å². The number of ether oxygens (including phenoxy) is 1. The Kier molecular flexibility index (Phi) is 5.36. The lowest BCUT2D eigenvalue weighted by Crippen LogP contribution is -2.65. The lowest BCUT2D eigenvalue weighted by molar-refractivity contribution is -0.127. The topological polar surface area (TPSA) is 53.6 Å².